The fourth-order valence-corrected chi connectivity index (χ4v) is 8.42. The highest BCUT2D eigenvalue weighted by Crippen LogP contribution is 2.38. The second-order valence-corrected chi connectivity index (χ2v) is 13.5. The summed E-state index contributed by atoms with van der Waals surface area (Å²) in [7, 11) is 7.31. The van der Waals surface area contributed by atoms with Crippen molar-refractivity contribution in [3.63, 3.8) is 0 Å². The Kier molecular flexibility index (Phi) is 26.7. The molecule has 6 nitrogen and oxygen atoms in total. The number of nitrogens with zero attached hydrogens (tertiary/aromatic N) is 1. The molecule has 0 radical (unpaired) electrons. The van der Waals surface area contributed by atoms with Crippen LogP contribution in [0.3, 0.4) is 0 Å². The predicted molar refractivity (Wildman–Crippen MR) is 142 cm³/mol. The summed E-state index contributed by atoms with van der Waals surface area (Å²) in [4.78, 5) is 2.67. The molecule has 0 bridgehead atoms. The van der Waals surface area contributed by atoms with Crippen LogP contribution in [0.25, 0.3) is 0 Å². The van der Waals surface area contributed by atoms with Crippen molar-refractivity contribution in [2.75, 3.05) is 125 Å². The molecule has 0 fully saturated rings. The Morgan fingerprint density at radius 1 is 0.500 bits per heavy atom. The van der Waals surface area contributed by atoms with Crippen LogP contribution >= 0.6 is 15.8 Å². The first kappa shape index (κ1) is 32.6. The van der Waals surface area contributed by atoms with Gasteiger partial charge in [-0.3, -0.25) is 0 Å². The van der Waals surface area contributed by atoms with E-state index in [4.69, 9.17) is 23.7 Å². The molecule has 0 aromatic rings. The molecule has 0 aliphatic carbocycles. The van der Waals surface area contributed by atoms with Crippen LogP contribution in [0.15, 0.2) is 0 Å². The van der Waals surface area contributed by atoms with Crippen molar-refractivity contribution in [3.8, 4) is 0 Å². The Bertz CT molecular complexity index is 321. The minimum atomic E-state index is 0.0454. The molecular weight excluding hydrogens is 444 g/mol. The number of hydrogen-bond donors (Lipinski definition) is 0. The van der Waals surface area contributed by atoms with Gasteiger partial charge in [-0.1, -0.05) is 0 Å². The van der Waals surface area contributed by atoms with Gasteiger partial charge in [-0.05, 0) is 69.6 Å². The van der Waals surface area contributed by atoms with Gasteiger partial charge in [0.25, 0.3) is 0 Å². The lowest BCUT2D eigenvalue weighted by atomic mass is 10.5. The minimum Gasteiger partial charge on any atom is -0.385 e. The van der Waals surface area contributed by atoms with Crippen LogP contribution in [0.5, 0.6) is 0 Å². The molecule has 32 heavy (non-hydrogen) atoms. The van der Waals surface area contributed by atoms with E-state index in [2.05, 4.69) is 11.8 Å². The van der Waals surface area contributed by atoms with Crippen molar-refractivity contribution in [2.45, 2.75) is 32.6 Å². The minimum absolute atomic E-state index is 0.0454. The molecule has 194 valence electrons. The molecule has 0 aliphatic rings. The molecule has 0 unspecified atom stereocenters. The fraction of sp³-hybridized carbons (Fsp3) is 1.00. The van der Waals surface area contributed by atoms with Gasteiger partial charge in [0.2, 0.25) is 0 Å². The highest BCUT2D eigenvalue weighted by molar-refractivity contribution is 7.57. The lowest BCUT2D eigenvalue weighted by Gasteiger charge is -2.28. The summed E-state index contributed by atoms with van der Waals surface area (Å²) in [5, 5.41) is 0. The summed E-state index contributed by atoms with van der Waals surface area (Å²) in [6.07, 6.45) is 12.6. The molecule has 0 saturated heterocycles. The molecule has 0 saturated carbocycles. The van der Waals surface area contributed by atoms with E-state index in [1.54, 1.807) is 28.4 Å². The molecular formula is C24H53NO5P2. The first-order chi connectivity index (χ1) is 15.7. The maximum absolute atomic E-state index is 5.70. The molecule has 0 N–H and O–H groups in total. The van der Waals surface area contributed by atoms with E-state index < -0.39 is 0 Å². The van der Waals surface area contributed by atoms with Crippen molar-refractivity contribution in [1.29, 1.82) is 0 Å². The van der Waals surface area contributed by atoms with Gasteiger partial charge in [0.15, 0.2) is 0 Å². The van der Waals surface area contributed by atoms with Gasteiger partial charge in [-0.2, -0.15) is 0 Å². The summed E-state index contributed by atoms with van der Waals surface area (Å²) < 4.78 is 26.9. The molecule has 8 heteroatoms. The van der Waals surface area contributed by atoms with E-state index >= 15 is 0 Å². The van der Waals surface area contributed by atoms with Crippen LogP contribution in [-0.2, 0) is 23.7 Å². The maximum Gasteiger partial charge on any atom is 0.0593 e. The Labute approximate surface area is 201 Å². The molecule has 0 amide bonds. The topological polar surface area (TPSA) is 49.4 Å². The number of methoxy groups -OCH3 is 4. The molecule has 0 heterocycles. The molecule has 0 aliphatic heterocycles. The highest BCUT2D eigenvalue weighted by Gasteiger charge is 2.14. The molecule has 0 spiro atoms. The van der Waals surface area contributed by atoms with E-state index in [0.717, 1.165) is 46.2 Å². The quantitative estimate of drug-likeness (QED) is 0.130. The SMILES string of the molecule is CCOCCN(CCP(CCCOC)CCCOC)CCP(CCCOC)CCCOC. The summed E-state index contributed by atoms with van der Waals surface area (Å²) in [6, 6.07) is 0. The summed E-state index contributed by atoms with van der Waals surface area (Å²) >= 11 is 0. The van der Waals surface area contributed by atoms with Crippen molar-refractivity contribution >= 4 is 15.8 Å². The van der Waals surface area contributed by atoms with Gasteiger partial charge in [-0.25, -0.2) is 0 Å². The summed E-state index contributed by atoms with van der Waals surface area (Å²) in [6.45, 7) is 10.7. The third-order valence-corrected chi connectivity index (χ3v) is 11.0. The van der Waals surface area contributed by atoms with Crippen LogP contribution in [0.4, 0.5) is 0 Å². The van der Waals surface area contributed by atoms with E-state index in [0.29, 0.717) is 0 Å². The van der Waals surface area contributed by atoms with Crippen molar-refractivity contribution in [3.05, 3.63) is 0 Å². The van der Waals surface area contributed by atoms with Gasteiger partial charge >= 0.3 is 0 Å². The van der Waals surface area contributed by atoms with E-state index in [-0.39, 0.29) is 15.8 Å². The Morgan fingerprint density at radius 3 is 1.19 bits per heavy atom. The fourth-order valence-electron chi connectivity index (χ4n) is 3.64. The Balaban J connectivity index is 4.70. The van der Waals surface area contributed by atoms with E-state index in [9.17, 15) is 0 Å². The Morgan fingerprint density at radius 2 is 0.875 bits per heavy atom. The van der Waals surface area contributed by atoms with Crippen molar-refractivity contribution in [2.24, 2.45) is 0 Å². The first-order valence-electron chi connectivity index (χ1n) is 12.4. The highest BCUT2D eigenvalue weighted by atomic mass is 31.1. The normalized spacial score (nSPS) is 12.0. The molecule has 0 aromatic heterocycles. The monoisotopic (exact) mass is 497 g/mol. The largest absolute Gasteiger partial charge is 0.385 e. The van der Waals surface area contributed by atoms with Crippen molar-refractivity contribution < 1.29 is 23.7 Å². The average molecular weight is 498 g/mol. The third-order valence-electron chi connectivity index (χ3n) is 5.51. The second kappa shape index (κ2) is 26.2. The van der Waals surface area contributed by atoms with Crippen LogP contribution in [0.2, 0.25) is 0 Å². The maximum atomic E-state index is 5.70. The molecule has 0 atom stereocenters. The van der Waals surface area contributed by atoms with Crippen LogP contribution in [0, 0.1) is 0 Å². The third kappa shape index (κ3) is 21.2. The molecule has 0 aromatic carbocycles. The standard InChI is InChI=1S/C24H53NO5P2/c1-6-30-18-11-25(12-23-31(19-7-14-26-2)20-8-15-27-3)13-24-32(21-9-16-28-4)22-10-17-29-5/h6-24H2,1-5H3. The summed E-state index contributed by atoms with van der Waals surface area (Å²) in [5.74, 6) is 0. The number of hydrogen-bond acceptors (Lipinski definition) is 6. The van der Waals surface area contributed by atoms with Gasteiger partial charge in [0, 0.05) is 81.1 Å². The zero-order valence-electron chi connectivity index (χ0n) is 21.8. The number of ether oxygens (including phenoxy) is 5. The average Bonchev–Trinajstić information content (AvgIpc) is 2.80. The lowest BCUT2D eigenvalue weighted by molar-refractivity contribution is 0.118. The first-order valence-corrected chi connectivity index (χ1v) is 16.2. The number of rotatable bonds is 26. The van der Waals surface area contributed by atoms with Crippen LogP contribution in [0.1, 0.15) is 32.6 Å². The van der Waals surface area contributed by atoms with Gasteiger partial charge in [0.1, 0.15) is 0 Å². The van der Waals surface area contributed by atoms with Gasteiger partial charge in [-0.15, -0.1) is 15.8 Å². The predicted octanol–water partition coefficient (Wildman–Crippen LogP) is 4.43. The van der Waals surface area contributed by atoms with Crippen molar-refractivity contribution in [1.82, 2.24) is 4.90 Å². The summed E-state index contributed by atoms with van der Waals surface area (Å²) in [5.41, 5.74) is 0. The lowest BCUT2D eigenvalue weighted by Crippen LogP contribution is -2.33. The van der Waals surface area contributed by atoms with E-state index in [1.165, 1.54) is 75.7 Å². The van der Waals surface area contributed by atoms with Crippen LogP contribution in [-0.4, -0.2) is 130 Å². The zero-order valence-corrected chi connectivity index (χ0v) is 23.6. The van der Waals surface area contributed by atoms with Crippen LogP contribution < -0.4 is 0 Å². The smallest absolute Gasteiger partial charge is 0.0593 e. The molecule has 0 rings (SSSR count). The Hall–Kier alpha value is 0.620. The van der Waals surface area contributed by atoms with E-state index in [1.807, 2.05) is 0 Å². The van der Waals surface area contributed by atoms with Gasteiger partial charge in [0.05, 0.1) is 6.61 Å². The zero-order chi connectivity index (χ0) is 23.7. The second-order valence-electron chi connectivity index (χ2n) is 8.11. The van der Waals surface area contributed by atoms with Gasteiger partial charge < -0.3 is 28.6 Å².